The van der Waals surface area contributed by atoms with Gasteiger partial charge in [-0.2, -0.15) is 10.2 Å². The number of nitrogens with zero attached hydrogens (tertiary/aromatic N) is 2. The van der Waals surface area contributed by atoms with Gasteiger partial charge in [-0.05, 0) is 54.8 Å². The third-order valence-corrected chi connectivity index (χ3v) is 5.32. The van der Waals surface area contributed by atoms with Gasteiger partial charge in [0.15, 0.2) is 0 Å². The Morgan fingerprint density at radius 2 is 1.31 bits per heavy atom. The molecule has 0 amide bonds. The molecule has 16 heavy (non-hydrogen) atoms. The van der Waals surface area contributed by atoms with Crippen LogP contribution in [0, 0.1) is 0 Å². The molecule has 2 heterocycles. The topological polar surface area (TPSA) is 24.7 Å². The van der Waals surface area contributed by atoms with Crippen LogP contribution >= 0.6 is 54.5 Å². The van der Waals surface area contributed by atoms with Crippen molar-refractivity contribution in [2.75, 3.05) is 0 Å². The molecule has 0 saturated carbocycles. The summed E-state index contributed by atoms with van der Waals surface area (Å²) < 4.78 is 2.10. The summed E-state index contributed by atoms with van der Waals surface area (Å²) in [5.41, 5.74) is 0. The maximum absolute atomic E-state index is 4.00. The summed E-state index contributed by atoms with van der Waals surface area (Å²) in [4.78, 5) is 2.14. The van der Waals surface area contributed by atoms with Gasteiger partial charge in [-0.15, -0.1) is 22.7 Å². The molecule has 0 unspecified atom stereocenters. The van der Waals surface area contributed by atoms with Gasteiger partial charge in [0, 0.05) is 8.95 Å². The Morgan fingerprint density at radius 3 is 1.62 bits per heavy atom. The van der Waals surface area contributed by atoms with Crippen molar-refractivity contribution in [2.24, 2.45) is 10.2 Å². The fourth-order valence-corrected chi connectivity index (χ4v) is 3.63. The number of thiophene rings is 2. The monoisotopic (exact) mass is 376 g/mol. The first kappa shape index (κ1) is 12.2. The van der Waals surface area contributed by atoms with Crippen LogP contribution in [0.25, 0.3) is 0 Å². The van der Waals surface area contributed by atoms with Crippen LogP contribution in [0.15, 0.2) is 42.0 Å². The summed E-state index contributed by atoms with van der Waals surface area (Å²) in [7, 11) is 0. The van der Waals surface area contributed by atoms with E-state index >= 15 is 0 Å². The molecular formula is C10H6Br2N2S2. The lowest BCUT2D eigenvalue weighted by Crippen LogP contribution is -1.75. The fraction of sp³-hybridized carbons (Fsp3) is 0. The highest BCUT2D eigenvalue weighted by atomic mass is 79.9. The molecule has 6 heteroatoms. The van der Waals surface area contributed by atoms with Crippen LogP contribution in [-0.4, -0.2) is 12.4 Å². The highest BCUT2D eigenvalue weighted by molar-refractivity contribution is 9.11. The normalized spacial score (nSPS) is 11.9. The molecule has 2 aromatic heterocycles. The van der Waals surface area contributed by atoms with Gasteiger partial charge in [0.05, 0.1) is 22.2 Å². The molecule has 0 saturated heterocycles. The van der Waals surface area contributed by atoms with Crippen molar-refractivity contribution in [2.45, 2.75) is 0 Å². The van der Waals surface area contributed by atoms with E-state index in [-0.39, 0.29) is 0 Å². The van der Waals surface area contributed by atoms with Gasteiger partial charge in [0.25, 0.3) is 0 Å². The molecule has 0 aliphatic rings. The van der Waals surface area contributed by atoms with Crippen molar-refractivity contribution in [1.29, 1.82) is 0 Å². The minimum Gasteiger partial charge on any atom is -0.158 e. The predicted octanol–water partition coefficient (Wildman–Crippen LogP) is 4.79. The maximum atomic E-state index is 4.00. The molecule has 0 radical (unpaired) electrons. The van der Waals surface area contributed by atoms with Crippen molar-refractivity contribution in [3.05, 3.63) is 41.6 Å². The average molecular weight is 378 g/mol. The van der Waals surface area contributed by atoms with Gasteiger partial charge >= 0.3 is 0 Å². The predicted molar refractivity (Wildman–Crippen MR) is 79.2 cm³/mol. The van der Waals surface area contributed by atoms with Crippen LogP contribution in [0.4, 0.5) is 0 Å². The van der Waals surface area contributed by atoms with Crippen molar-refractivity contribution >= 4 is 67.0 Å². The number of hydrogen-bond donors (Lipinski definition) is 0. The second kappa shape index (κ2) is 5.86. The highest BCUT2D eigenvalue weighted by Gasteiger charge is 1.97. The summed E-state index contributed by atoms with van der Waals surface area (Å²) in [6, 6.07) is 3.98. The van der Waals surface area contributed by atoms with Gasteiger partial charge in [-0.3, -0.25) is 0 Å². The summed E-state index contributed by atoms with van der Waals surface area (Å²) >= 11 is 10.1. The Balaban J connectivity index is 2.03. The van der Waals surface area contributed by atoms with Gasteiger partial charge in [-0.1, -0.05) is 0 Å². The van der Waals surface area contributed by atoms with E-state index < -0.39 is 0 Å². The lowest BCUT2D eigenvalue weighted by molar-refractivity contribution is 1.27. The Bertz CT molecular complexity index is 480. The standard InChI is InChI=1S/C10H6Br2N2S2/c11-7-1-3-15-9(7)5-13-14-6-10-8(12)2-4-16-10/h1-6H/b13-5-,14-6-. The van der Waals surface area contributed by atoms with Crippen molar-refractivity contribution in [3.8, 4) is 0 Å². The van der Waals surface area contributed by atoms with Gasteiger partial charge < -0.3 is 0 Å². The second-order valence-electron chi connectivity index (χ2n) is 2.75. The van der Waals surface area contributed by atoms with E-state index in [1.54, 1.807) is 35.1 Å². The van der Waals surface area contributed by atoms with Gasteiger partial charge in [-0.25, -0.2) is 0 Å². The zero-order valence-corrected chi connectivity index (χ0v) is 12.7. The average Bonchev–Trinajstić information content (AvgIpc) is 2.84. The van der Waals surface area contributed by atoms with Crippen LogP contribution in [-0.2, 0) is 0 Å². The third kappa shape index (κ3) is 3.10. The minimum absolute atomic E-state index is 1.05. The molecule has 0 fully saturated rings. The van der Waals surface area contributed by atoms with E-state index in [0.717, 1.165) is 18.7 Å². The first-order valence-corrected chi connectivity index (χ1v) is 7.64. The summed E-state index contributed by atoms with van der Waals surface area (Å²) in [6.45, 7) is 0. The molecule has 82 valence electrons. The molecule has 0 bridgehead atoms. The van der Waals surface area contributed by atoms with Crippen molar-refractivity contribution in [3.63, 3.8) is 0 Å². The zero-order chi connectivity index (χ0) is 11.4. The zero-order valence-electron chi connectivity index (χ0n) is 7.93. The van der Waals surface area contributed by atoms with Gasteiger partial charge in [0.2, 0.25) is 0 Å². The lowest BCUT2D eigenvalue weighted by Gasteiger charge is -1.85. The molecule has 2 rings (SSSR count). The Kier molecular flexibility index (Phi) is 4.45. The van der Waals surface area contributed by atoms with Crippen LogP contribution in [0.1, 0.15) is 9.75 Å². The number of rotatable bonds is 3. The number of halogens is 2. The van der Waals surface area contributed by atoms with E-state index in [1.165, 1.54) is 0 Å². The van der Waals surface area contributed by atoms with Crippen molar-refractivity contribution in [1.82, 2.24) is 0 Å². The van der Waals surface area contributed by atoms with E-state index in [1.807, 2.05) is 22.9 Å². The lowest BCUT2D eigenvalue weighted by atomic mass is 10.5. The van der Waals surface area contributed by atoms with Crippen LogP contribution in [0.3, 0.4) is 0 Å². The highest BCUT2D eigenvalue weighted by Crippen LogP contribution is 2.21. The summed E-state index contributed by atoms with van der Waals surface area (Å²) in [5, 5.41) is 12.0. The van der Waals surface area contributed by atoms with E-state index in [2.05, 4.69) is 42.1 Å². The minimum atomic E-state index is 1.05. The van der Waals surface area contributed by atoms with E-state index in [9.17, 15) is 0 Å². The molecule has 0 atom stereocenters. The van der Waals surface area contributed by atoms with E-state index in [4.69, 9.17) is 0 Å². The number of hydrogen-bond acceptors (Lipinski definition) is 4. The van der Waals surface area contributed by atoms with Crippen LogP contribution in [0.5, 0.6) is 0 Å². The largest absolute Gasteiger partial charge is 0.158 e. The van der Waals surface area contributed by atoms with Crippen LogP contribution < -0.4 is 0 Å². The van der Waals surface area contributed by atoms with Gasteiger partial charge in [0.1, 0.15) is 0 Å². The Morgan fingerprint density at radius 1 is 0.875 bits per heavy atom. The molecule has 2 aromatic rings. The maximum Gasteiger partial charge on any atom is 0.0679 e. The first-order valence-electron chi connectivity index (χ1n) is 4.30. The van der Waals surface area contributed by atoms with E-state index in [0.29, 0.717) is 0 Å². The Hall–Kier alpha value is -0.300. The smallest absolute Gasteiger partial charge is 0.0679 e. The SMILES string of the molecule is Brc1ccsc1/C=N\N=C/c1sccc1Br. The molecule has 0 N–H and O–H groups in total. The quantitative estimate of drug-likeness (QED) is 0.542. The van der Waals surface area contributed by atoms with Crippen molar-refractivity contribution < 1.29 is 0 Å². The molecule has 0 aliphatic heterocycles. The van der Waals surface area contributed by atoms with Crippen LogP contribution in [0.2, 0.25) is 0 Å². The Labute approximate surface area is 118 Å². The summed E-state index contributed by atoms with van der Waals surface area (Å²) in [5.74, 6) is 0. The molecule has 0 spiro atoms. The molecule has 0 aromatic carbocycles. The molecular weight excluding hydrogens is 372 g/mol. The molecule has 0 aliphatic carbocycles. The third-order valence-electron chi connectivity index (χ3n) is 1.71. The second-order valence-corrected chi connectivity index (χ2v) is 6.36. The fourth-order valence-electron chi connectivity index (χ4n) is 0.967. The first-order chi connectivity index (χ1) is 7.77. The molecule has 2 nitrogen and oxygen atoms in total. The summed E-state index contributed by atoms with van der Waals surface area (Å²) in [6.07, 6.45) is 3.49.